The second-order valence-electron chi connectivity index (χ2n) is 8.58. The molecule has 1 saturated heterocycles. The van der Waals surface area contributed by atoms with Crippen LogP contribution in [-0.4, -0.2) is 48.2 Å². The van der Waals surface area contributed by atoms with Gasteiger partial charge in [0.1, 0.15) is 0 Å². The van der Waals surface area contributed by atoms with Crippen LogP contribution in [-0.2, 0) is 16.0 Å². The zero-order chi connectivity index (χ0) is 21.6. The SMILES string of the molecule is Cc1nc(N2CCOCC2)[nH]c(=O)c1CCC(=O)NC1CCC(c2ccccc2)CC1. The molecule has 7 nitrogen and oxygen atoms in total. The van der Waals surface area contributed by atoms with Crippen molar-refractivity contribution < 1.29 is 9.53 Å². The van der Waals surface area contributed by atoms with Crippen LogP contribution in [0.4, 0.5) is 5.95 Å². The van der Waals surface area contributed by atoms with Crippen molar-refractivity contribution in [3.63, 3.8) is 0 Å². The van der Waals surface area contributed by atoms with E-state index in [2.05, 4.69) is 39.6 Å². The van der Waals surface area contributed by atoms with Gasteiger partial charge in [-0.25, -0.2) is 4.98 Å². The number of aromatic nitrogens is 2. The maximum absolute atomic E-state index is 12.6. The molecule has 0 bridgehead atoms. The van der Waals surface area contributed by atoms with Gasteiger partial charge in [-0.15, -0.1) is 0 Å². The maximum Gasteiger partial charge on any atom is 0.255 e. The van der Waals surface area contributed by atoms with Gasteiger partial charge in [0.15, 0.2) is 0 Å². The van der Waals surface area contributed by atoms with Gasteiger partial charge in [-0.05, 0) is 50.5 Å². The molecule has 0 atom stereocenters. The molecule has 1 aliphatic carbocycles. The molecule has 2 aromatic rings. The number of hydrogen-bond donors (Lipinski definition) is 2. The Morgan fingerprint density at radius 1 is 1.16 bits per heavy atom. The number of amides is 1. The first kappa shape index (κ1) is 21.6. The van der Waals surface area contributed by atoms with Crippen LogP contribution in [0.1, 0.15) is 54.8 Å². The van der Waals surface area contributed by atoms with Gasteiger partial charge in [0.05, 0.1) is 13.2 Å². The maximum atomic E-state index is 12.6. The van der Waals surface area contributed by atoms with Crippen LogP contribution >= 0.6 is 0 Å². The molecule has 2 aliphatic rings. The number of H-pyrrole nitrogens is 1. The summed E-state index contributed by atoms with van der Waals surface area (Å²) in [5, 5.41) is 3.17. The van der Waals surface area contributed by atoms with Crippen LogP contribution in [0.25, 0.3) is 0 Å². The summed E-state index contributed by atoms with van der Waals surface area (Å²) >= 11 is 0. The normalized spacial score (nSPS) is 21.6. The number of ether oxygens (including phenoxy) is 1. The summed E-state index contributed by atoms with van der Waals surface area (Å²) in [5.74, 6) is 1.19. The van der Waals surface area contributed by atoms with E-state index in [1.54, 1.807) is 0 Å². The lowest BCUT2D eigenvalue weighted by atomic mass is 9.82. The van der Waals surface area contributed by atoms with Crippen molar-refractivity contribution in [2.45, 2.75) is 57.4 Å². The number of anilines is 1. The first-order chi connectivity index (χ1) is 15.1. The van der Waals surface area contributed by atoms with Crippen molar-refractivity contribution in [1.82, 2.24) is 15.3 Å². The van der Waals surface area contributed by atoms with Gasteiger partial charge in [0, 0.05) is 36.8 Å². The minimum Gasteiger partial charge on any atom is -0.378 e. The van der Waals surface area contributed by atoms with Crippen molar-refractivity contribution >= 4 is 11.9 Å². The van der Waals surface area contributed by atoms with Gasteiger partial charge in [-0.2, -0.15) is 0 Å². The Hall–Kier alpha value is -2.67. The van der Waals surface area contributed by atoms with Gasteiger partial charge >= 0.3 is 0 Å². The van der Waals surface area contributed by atoms with E-state index in [0.717, 1.165) is 38.8 Å². The number of hydrogen-bond acceptors (Lipinski definition) is 5. The predicted octanol–water partition coefficient (Wildman–Crippen LogP) is 2.69. The Bertz CT molecular complexity index is 930. The average molecular weight is 425 g/mol. The number of nitrogens with zero attached hydrogens (tertiary/aromatic N) is 2. The van der Waals surface area contributed by atoms with E-state index < -0.39 is 0 Å². The summed E-state index contributed by atoms with van der Waals surface area (Å²) in [6.07, 6.45) is 4.91. The quantitative estimate of drug-likeness (QED) is 0.745. The fraction of sp³-hybridized carbons (Fsp3) is 0.542. The highest BCUT2D eigenvalue weighted by molar-refractivity contribution is 5.76. The number of morpholine rings is 1. The van der Waals surface area contributed by atoms with Gasteiger partial charge in [0.25, 0.3) is 5.56 Å². The van der Waals surface area contributed by atoms with Crippen LogP contribution in [0.2, 0.25) is 0 Å². The second-order valence-corrected chi connectivity index (χ2v) is 8.58. The third-order valence-electron chi connectivity index (χ3n) is 6.49. The van der Waals surface area contributed by atoms with Crippen LogP contribution in [0.3, 0.4) is 0 Å². The third kappa shape index (κ3) is 5.53. The van der Waals surface area contributed by atoms with Crippen molar-refractivity contribution in [2.24, 2.45) is 0 Å². The smallest absolute Gasteiger partial charge is 0.255 e. The van der Waals surface area contributed by atoms with Crippen LogP contribution < -0.4 is 15.8 Å². The summed E-state index contributed by atoms with van der Waals surface area (Å²) in [5.41, 5.74) is 2.54. The first-order valence-corrected chi connectivity index (χ1v) is 11.4. The summed E-state index contributed by atoms with van der Waals surface area (Å²) in [4.78, 5) is 34.6. The Labute approximate surface area is 183 Å². The molecule has 2 N–H and O–H groups in total. The molecule has 1 amide bonds. The topological polar surface area (TPSA) is 87.3 Å². The van der Waals surface area contributed by atoms with E-state index in [1.165, 1.54) is 5.56 Å². The summed E-state index contributed by atoms with van der Waals surface area (Å²) < 4.78 is 5.36. The molecule has 166 valence electrons. The standard InChI is InChI=1S/C24H32N4O3/c1-17-21(23(30)27-24(25-17)28-13-15-31-16-14-28)11-12-22(29)26-20-9-7-19(8-10-20)18-5-3-2-4-6-18/h2-6,19-20H,7-16H2,1H3,(H,26,29)(H,25,27,30). The van der Waals surface area contributed by atoms with Crippen LogP contribution in [0, 0.1) is 6.92 Å². The van der Waals surface area contributed by atoms with E-state index in [4.69, 9.17) is 4.74 Å². The average Bonchev–Trinajstić information content (AvgIpc) is 2.80. The van der Waals surface area contributed by atoms with E-state index >= 15 is 0 Å². The number of nitrogens with one attached hydrogen (secondary N) is 2. The molecule has 0 spiro atoms. The highest BCUT2D eigenvalue weighted by Gasteiger charge is 2.23. The summed E-state index contributed by atoms with van der Waals surface area (Å²) in [6.45, 7) is 4.56. The zero-order valence-corrected chi connectivity index (χ0v) is 18.2. The highest BCUT2D eigenvalue weighted by atomic mass is 16.5. The van der Waals surface area contributed by atoms with E-state index in [1.807, 2.05) is 17.9 Å². The number of aryl methyl sites for hydroxylation is 1. The Morgan fingerprint density at radius 3 is 2.55 bits per heavy atom. The summed E-state index contributed by atoms with van der Waals surface area (Å²) in [7, 11) is 0. The molecular weight excluding hydrogens is 392 g/mol. The lowest BCUT2D eigenvalue weighted by Crippen LogP contribution is -2.39. The first-order valence-electron chi connectivity index (χ1n) is 11.4. The highest BCUT2D eigenvalue weighted by Crippen LogP contribution is 2.32. The van der Waals surface area contributed by atoms with Crippen molar-refractivity contribution in [3.8, 4) is 0 Å². The third-order valence-corrected chi connectivity index (χ3v) is 6.49. The molecule has 1 saturated carbocycles. The molecule has 4 rings (SSSR count). The number of aromatic amines is 1. The predicted molar refractivity (Wildman–Crippen MR) is 121 cm³/mol. The van der Waals surface area contributed by atoms with E-state index in [-0.39, 0.29) is 17.5 Å². The fourth-order valence-corrected chi connectivity index (χ4v) is 4.65. The van der Waals surface area contributed by atoms with Gasteiger partial charge in [0.2, 0.25) is 11.9 Å². The largest absolute Gasteiger partial charge is 0.378 e. The van der Waals surface area contributed by atoms with Gasteiger partial charge in [-0.3, -0.25) is 14.6 Å². The van der Waals surface area contributed by atoms with Crippen LogP contribution in [0.5, 0.6) is 0 Å². The molecule has 2 fully saturated rings. The Kier molecular flexibility index (Phi) is 7.02. The van der Waals surface area contributed by atoms with Gasteiger partial charge < -0.3 is 15.0 Å². The zero-order valence-electron chi connectivity index (χ0n) is 18.2. The van der Waals surface area contributed by atoms with Crippen molar-refractivity contribution in [3.05, 3.63) is 57.5 Å². The molecule has 7 heteroatoms. The minimum absolute atomic E-state index is 0.0132. The molecule has 1 aromatic carbocycles. The Balaban J connectivity index is 1.27. The molecule has 0 unspecified atom stereocenters. The lowest BCUT2D eigenvalue weighted by molar-refractivity contribution is -0.122. The van der Waals surface area contributed by atoms with E-state index in [0.29, 0.717) is 49.2 Å². The molecular formula is C24H32N4O3. The number of benzene rings is 1. The van der Waals surface area contributed by atoms with Gasteiger partial charge in [-0.1, -0.05) is 30.3 Å². The monoisotopic (exact) mass is 424 g/mol. The second kappa shape index (κ2) is 10.1. The number of carbonyl (C=O) groups is 1. The summed E-state index contributed by atoms with van der Waals surface area (Å²) in [6, 6.07) is 10.9. The van der Waals surface area contributed by atoms with Crippen molar-refractivity contribution in [1.29, 1.82) is 0 Å². The lowest BCUT2D eigenvalue weighted by Gasteiger charge is -2.29. The fourth-order valence-electron chi connectivity index (χ4n) is 4.65. The molecule has 31 heavy (non-hydrogen) atoms. The minimum atomic E-state index is -0.148. The molecule has 1 aromatic heterocycles. The number of carbonyl (C=O) groups excluding carboxylic acids is 1. The van der Waals surface area contributed by atoms with Crippen LogP contribution in [0.15, 0.2) is 35.1 Å². The number of rotatable bonds is 6. The van der Waals surface area contributed by atoms with Crippen molar-refractivity contribution in [2.75, 3.05) is 31.2 Å². The Morgan fingerprint density at radius 2 is 1.87 bits per heavy atom. The molecule has 1 aliphatic heterocycles. The van der Waals surface area contributed by atoms with E-state index in [9.17, 15) is 9.59 Å². The molecule has 2 heterocycles. The molecule has 0 radical (unpaired) electrons.